The van der Waals surface area contributed by atoms with Crippen LogP contribution in [0.5, 0.6) is 0 Å². The maximum absolute atomic E-state index is 13.8. The molecule has 0 bridgehead atoms. The predicted molar refractivity (Wildman–Crippen MR) is 63.6 cm³/mol. The number of benzene rings is 1. The molecule has 1 aromatic carbocycles. The maximum Gasteiger partial charge on any atom is 0.308 e. The van der Waals surface area contributed by atoms with E-state index >= 15 is 0 Å². The van der Waals surface area contributed by atoms with Crippen LogP contribution in [0.2, 0.25) is 0 Å². The third-order valence-electron chi connectivity index (χ3n) is 3.23. The van der Waals surface area contributed by atoms with Gasteiger partial charge in [-0.25, -0.2) is 8.78 Å². The number of nitrogens with zero attached hydrogens (tertiary/aromatic N) is 2. The van der Waals surface area contributed by atoms with Crippen molar-refractivity contribution in [2.24, 2.45) is 5.92 Å². The molecule has 100 valence electrons. The van der Waals surface area contributed by atoms with E-state index in [0.29, 0.717) is 19.4 Å². The van der Waals surface area contributed by atoms with Crippen LogP contribution in [0.3, 0.4) is 0 Å². The molecule has 2 rings (SSSR count). The van der Waals surface area contributed by atoms with Crippen molar-refractivity contribution in [1.29, 1.82) is 5.26 Å². The lowest BCUT2D eigenvalue weighted by Gasteiger charge is -2.32. The SMILES string of the molecule is N#Cc1cc(F)c(N2CCCC(C(=O)O)C2)c(F)c1. The van der Waals surface area contributed by atoms with Crippen molar-refractivity contribution in [3.8, 4) is 6.07 Å². The molecule has 1 aliphatic rings. The smallest absolute Gasteiger partial charge is 0.308 e. The molecule has 0 saturated carbocycles. The van der Waals surface area contributed by atoms with Gasteiger partial charge in [0, 0.05) is 13.1 Å². The number of carboxylic acids is 1. The minimum atomic E-state index is -0.959. The first-order valence-corrected chi connectivity index (χ1v) is 5.90. The van der Waals surface area contributed by atoms with Crippen molar-refractivity contribution in [2.75, 3.05) is 18.0 Å². The largest absolute Gasteiger partial charge is 0.481 e. The summed E-state index contributed by atoms with van der Waals surface area (Å²) in [5, 5.41) is 17.6. The van der Waals surface area contributed by atoms with Crippen molar-refractivity contribution in [3.05, 3.63) is 29.3 Å². The van der Waals surface area contributed by atoms with Gasteiger partial charge >= 0.3 is 5.97 Å². The Hall–Kier alpha value is -2.16. The summed E-state index contributed by atoms with van der Waals surface area (Å²) in [5.41, 5.74) is -0.338. The van der Waals surface area contributed by atoms with E-state index in [1.54, 1.807) is 6.07 Å². The molecular formula is C13H12F2N2O2. The molecule has 1 fully saturated rings. The summed E-state index contributed by atoms with van der Waals surface area (Å²) >= 11 is 0. The van der Waals surface area contributed by atoms with Gasteiger partial charge in [0.05, 0.1) is 17.6 Å². The Labute approximate surface area is 108 Å². The molecule has 1 saturated heterocycles. The summed E-state index contributed by atoms with van der Waals surface area (Å²) in [4.78, 5) is 12.3. The second kappa shape index (κ2) is 5.22. The molecule has 0 amide bonds. The highest BCUT2D eigenvalue weighted by Gasteiger charge is 2.28. The van der Waals surface area contributed by atoms with Gasteiger partial charge in [-0.2, -0.15) is 5.26 Å². The van der Waals surface area contributed by atoms with Crippen molar-refractivity contribution in [2.45, 2.75) is 12.8 Å². The van der Waals surface area contributed by atoms with Gasteiger partial charge in [-0.1, -0.05) is 0 Å². The lowest BCUT2D eigenvalue weighted by atomic mass is 9.97. The highest BCUT2D eigenvalue weighted by Crippen LogP contribution is 2.29. The number of piperidine rings is 1. The first-order valence-electron chi connectivity index (χ1n) is 5.90. The van der Waals surface area contributed by atoms with E-state index in [4.69, 9.17) is 10.4 Å². The minimum Gasteiger partial charge on any atom is -0.481 e. The summed E-state index contributed by atoms with van der Waals surface area (Å²) in [6.07, 6.45) is 1.07. The van der Waals surface area contributed by atoms with Gasteiger partial charge < -0.3 is 10.0 Å². The number of carboxylic acid groups (broad SMARTS) is 1. The van der Waals surface area contributed by atoms with E-state index in [1.165, 1.54) is 4.90 Å². The highest BCUT2D eigenvalue weighted by molar-refractivity contribution is 5.71. The molecule has 1 unspecified atom stereocenters. The van der Waals surface area contributed by atoms with Crippen molar-refractivity contribution >= 4 is 11.7 Å². The second-order valence-electron chi connectivity index (χ2n) is 4.52. The van der Waals surface area contributed by atoms with Crippen LogP contribution >= 0.6 is 0 Å². The van der Waals surface area contributed by atoms with Gasteiger partial charge in [0.15, 0.2) is 11.6 Å². The number of nitriles is 1. The van der Waals surface area contributed by atoms with Crippen molar-refractivity contribution in [1.82, 2.24) is 0 Å². The Balaban J connectivity index is 2.32. The molecule has 0 spiro atoms. The Bertz CT molecular complexity index is 531. The Morgan fingerprint density at radius 3 is 2.58 bits per heavy atom. The number of hydrogen-bond acceptors (Lipinski definition) is 3. The second-order valence-corrected chi connectivity index (χ2v) is 4.52. The van der Waals surface area contributed by atoms with Crippen molar-refractivity contribution < 1.29 is 18.7 Å². The summed E-state index contributed by atoms with van der Waals surface area (Å²) in [6, 6.07) is 3.60. The number of hydrogen-bond donors (Lipinski definition) is 1. The van der Waals surface area contributed by atoms with Crippen LogP contribution in [0.4, 0.5) is 14.5 Å². The zero-order chi connectivity index (χ0) is 14.0. The third kappa shape index (κ3) is 2.65. The van der Waals surface area contributed by atoms with E-state index in [9.17, 15) is 13.6 Å². The monoisotopic (exact) mass is 266 g/mol. The third-order valence-corrected chi connectivity index (χ3v) is 3.23. The van der Waals surface area contributed by atoms with E-state index < -0.39 is 23.5 Å². The first kappa shape index (κ1) is 13.3. The molecular weight excluding hydrogens is 254 g/mol. The average Bonchev–Trinajstić information content (AvgIpc) is 2.38. The van der Waals surface area contributed by atoms with Crippen LogP contribution in [0.1, 0.15) is 18.4 Å². The molecule has 19 heavy (non-hydrogen) atoms. The van der Waals surface area contributed by atoms with Crippen LogP contribution < -0.4 is 4.90 Å². The molecule has 1 aliphatic heterocycles. The van der Waals surface area contributed by atoms with E-state index in [0.717, 1.165) is 12.1 Å². The normalized spacial score (nSPS) is 19.0. The Kier molecular flexibility index (Phi) is 3.65. The Morgan fingerprint density at radius 2 is 2.05 bits per heavy atom. The molecule has 1 heterocycles. The zero-order valence-corrected chi connectivity index (χ0v) is 10.1. The standard InChI is InChI=1S/C13H12F2N2O2/c14-10-4-8(6-16)5-11(15)12(10)17-3-1-2-9(7-17)13(18)19/h4-5,9H,1-3,7H2,(H,18,19). The summed E-state index contributed by atoms with van der Waals surface area (Å²) in [5.74, 6) is -3.24. The number of aliphatic carboxylic acids is 1. The fraction of sp³-hybridized carbons (Fsp3) is 0.385. The number of carbonyl (C=O) groups is 1. The molecule has 1 N–H and O–H groups in total. The van der Waals surface area contributed by atoms with Crippen LogP contribution in [-0.2, 0) is 4.79 Å². The van der Waals surface area contributed by atoms with Gasteiger partial charge in [-0.05, 0) is 25.0 Å². The summed E-state index contributed by atoms with van der Waals surface area (Å²) in [7, 11) is 0. The molecule has 1 atom stereocenters. The number of rotatable bonds is 2. The number of halogens is 2. The topological polar surface area (TPSA) is 64.3 Å². The lowest BCUT2D eigenvalue weighted by Crippen LogP contribution is -2.39. The highest BCUT2D eigenvalue weighted by atomic mass is 19.1. The predicted octanol–water partition coefficient (Wildman–Crippen LogP) is 2.14. The van der Waals surface area contributed by atoms with Crippen LogP contribution in [-0.4, -0.2) is 24.2 Å². The summed E-state index contributed by atoms with van der Waals surface area (Å²) < 4.78 is 27.7. The van der Waals surface area contributed by atoms with Crippen LogP contribution in [0.15, 0.2) is 12.1 Å². The minimum absolute atomic E-state index is 0.0784. The fourth-order valence-electron chi connectivity index (χ4n) is 2.31. The maximum atomic E-state index is 13.8. The van der Waals surface area contributed by atoms with Gasteiger partial charge in [0.1, 0.15) is 5.69 Å². The fourth-order valence-corrected chi connectivity index (χ4v) is 2.31. The Morgan fingerprint density at radius 1 is 1.42 bits per heavy atom. The van der Waals surface area contributed by atoms with Crippen molar-refractivity contribution in [3.63, 3.8) is 0 Å². The molecule has 0 aromatic heterocycles. The van der Waals surface area contributed by atoms with Gasteiger partial charge in [-0.15, -0.1) is 0 Å². The van der Waals surface area contributed by atoms with Gasteiger partial charge in [0.25, 0.3) is 0 Å². The molecule has 6 heteroatoms. The summed E-state index contributed by atoms with van der Waals surface area (Å²) in [6.45, 7) is 0.485. The van der Waals surface area contributed by atoms with Gasteiger partial charge in [-0.3, -0.25) is 4.79 Å². The van der Waals surface area contributed by atoms with Gasteiger partial charge in [0.2, 0.25) is 0 Å². The zero-order valence-electron chi connectivity index (χ0n) is 10.1. The average molecular weight is 266 g/mol. The van der Waals surface area contributed by atoms with E-state index in [1.807, 2.05) is 0 Å². The first-order chi connectivity index (χ1) is 9.02. The van der Waals surface area contributed by atoms with Crippen LogP contribution in [0.25, 0.3) is 0 Å². The van der Waals surface area contributed by atoms with E-state index in [-0.39, 0.29) is 17.8 Å². The lowest BCUT2D eigenvalue weighted by molar-refractivity contribution is -0.141. The van der Waals surface area contributed by atoms with Crippen LogP contribution in [0, 0.1) is 28.9 Å². The molecule has 1 aromatic rings. The molecule has 4 nitrogen and oxygen atoms in total. The quantitative estimate of drug-likeness (QED) is 0.890. The molecule has 0 aliphatic carbocycles. The molecule has 0 radical (unpaired) electrons. The van der Waals surface area contributed by atoms with E-state index in [2.05, 4.69) is 0 Å². The number of anilines is 1.